The summed E-state index contributed by atoms with van der Waals surface area (Å²) in [7, 11) is 0. The van der Waals surface area contributed by atoms with Crippen LogP contribution < -0.4 is 5.32 Å². The summed E-state index contributed by atoms with van der Waals surface area (Å²) in [6.07, 6.45) is 2.29. The van der Waals surface area contributed by atoms with E-state index in [1.54, 1.807) is 17.5 Å². The summed E-state index contributed by atoms with van der Waals surface area (Å²) in [5.41, 5.74) is 8.47. The van der Waals surface area contributed by atoms with E-state index in [2.05, 4.69) is 46.5 Å². The lowest BCUT2D eigenvalue weighted by atomic mass is 9.93. The third-order valence-electron chi connectivity index (χ3n) is 6.23. The van der Waals surface area contributed by atoms with Crippen molar-refractivity contribution in [3.8, 4) is 11.3 Å². The van der Waals surface area contributed by atoms with Gasteiger partial charge in [-0.2, -0.15) is 0 Å². The van der Waals surface area contributed by atoms with Gasteiger partial charge in [0.25, 0.3) is 5.91 Å². The maximum atomic E-state index is 13.3. The Hall–Kier alpha value is -3.13. The minimum Gasteiger partial charge on any atom is -0.389 e. The Kier molecular flexibility index (Phi) is 6.17. The third kappa shape index (κ3) is 4.53. The summed E-state index contributed by atoms with van der Waals surface area (Å²) in [6, 6.07) is 13.9. The van der Waals surface area contributed by atoms with Gasteiger partial charge in [0.05, 0.1) is 41.0 Å². The summed E-state index contributed by atoms with van der Waals surface area (Å²) in [4.78, 5) is 22.1. The Morgan fingerprint density at radius 1 is 1.24 bits per heavy atom. The third-order valence-corrected chi connectivity index (χ3v) is 6.82. The first-order valence-corrected chi connectivity index (χ1v) is 12.0. The van der Waals surface area contributed by atoms with Gasteiger partial charge in [-0.1, -0.05) is 30.3 Å². The van der Waals surface area contributed by atoms with Crippen LogP contribution >= 0.6 is 11.3 Å². The fraction of sp³-hybridized carbons (Fsp3) is 0.269. The molecule has 0 unspecified atom stereocenters. The number of rotatable bonds is 5. The van der Waals surface area contributed by atoms with Gasteiger partial charge in [0, 0.05) is 29.1 Å². The van der Waals surface area contributed by atoms with Crippen molar-refractivity contribution in [3.05, 3.63) is 81.8 Å². The Morgan fingerprint density at radius 2 is 2.09 bits per heavy atom. The molecule has 1 aliphatic rings. The molecule has 6 nitrogen and oxygen atoms in total. The number of nitrogens with one attached hydrogen (secondary N) is 1. The van der Waals surface area contributed by atoms with Gasteiger partial charge >= 0.3 is 0 Å². The number of thiazole rings is 1. The van der Waals surface area contributed by atoms with E-state index in [0.717, 1.165) is 33.3 Å². The van der Waals surface area contributed by atoms with E-state index in [1.165, 1.54) is 0 Å². The standard InChI is InChI=1S/C26H25N3O3S/c1-16-19(11-17-4-6-18(7-5-17)23-14-33-15-28-23)12-21(25-20(16)3-2-9-27-25)26(31)29-22-8-10-32-13-24(22)30/h2-7,9,12,14-15,22,24,30H,8,10-11,13H2,1H3,(H,29,31)/t22-,24-/m0/s1. The highest BCUT2D eigenvalue weighted by Gasteiger charge is 2.26. The van der Waals surface area contributed by atoms with Crippen molar-refractivity contribution in [1.29, 1.82) is 0 Å². The van der Waals surface area contributed by atoms with Crippen LogP contribution in [0.2, 0.25) is 0 Å². The molecule has 0 bridgehead atoms. The van der Waals surface area contributed by atoms with E-state index in [0.29, 0.717) is 30.5 Å². The van der Waals surface area contributed by atoms with Gasteiger partial charge in [0.1, 0.15) is 0 Å². The predicted octanol–water partition coefficient (Wildman–Crippen LogP) is 4.14. The van der Waals surface area contributed by atoms with Crippen LogP contribution in [0.3, 0.4) is 0 Å². The fourth-order valence-electron chi connectivity index (χ4n) is 4.31. The minimum absolute atomic E-state index is 0.218. The lowest BCUT2D eigenvalue weighted by molar-refractivity contribution is -0.0260. The molecule has 1 amide bonds. The predicted molar refractivity (Wildman–Crippen MR) is 130 cm³/mol. The Labute approximate surface area is 196 Å². The number of hydrogen-bond donors (Lipinski definition) is 2. The second-order valence-electron chi connectivity index (χ2n) is 8.37. The monoisotopic (exact) mass is 459 g/mol. The summed E-state index contributed by atoms with van der Waals surface area (Å²) in [5, 5.41) is 16.2. The van der Waals surface area contributed by atoms with E-state index >= 15 is 0 Å². The SMILES string of the molecule is Cc1c(Cc2ccc(-c3cscn3)cc2)cc(C(=O)N[C@H]2CCOC[C@@H]2O)c2ncccc12. The molecule has 168 valence electrons. The summed E-state index contributed by atoms with van der Waals surface area (Å²) in [6.45, 7) is 2.84. The largest absolute Gasteiger partial charge is 0.389 e. The smallest absolute Gasteiger partial charge is 0.253 e. The van der Waals surface area contributed by atoms with Crippen LogP contribution in [-0.4, -0.2) is 46.3 Å². The van der Waals surface area contributed by atoms with E-state index in [1.807, 2.05) is 29.1 Å². The van der Waals surface area contributed by atoms with Crippen molar-refractivity contribution < 1.29 is 14.6 Å². The first-order chi connectivity index (χ1) is 16.1. The maximum Gasteiger partial charge on any atom is 0.253 e. The van der Waals surface area contributed by atoms with Gasteiger partial charge < -0.3 is 15.2 Å². The molecule has 3 heterocycles. The lowest BCUT2D eigenvalue weighted by Gasteiger charge is -2.28. The van der Waals surface area contributed by atoms with Gasteiger partial charge in [-0.3, -0.25) is 9.78 Å². The molecule has 4 aromatic rings. The first kappa shape index (κ1) is 21.7. The van der Waals surface area contributed by atoms with E-state index in [-0.39, 0.29) is 18.6 Å². The number of nitrogens with zero attached hydrogens (tertiary/aromatic N) is 2. The average molecular weight is 460 g/mol. The van der Waals surface area contributed by atoms with Crippen LogP contribution in [0.15, 0.2) is 59.6 Å². The zero-order valence-electron chi connectivity index (χ0n) is 18.3. The zero-order valence-corrected chi connectivity index (χ0v) is 19.1. The molecule has 33 heavy (non-hydrogen) atoms. The molecule has 0 aliphatic carbocycles. The number of aliphatic hydroxyl groups is 1. The number of benzene rings is 2. The Bertz CT molecular complexity index is 1270. The number of carbonyl (C=O) groups is 1. The van der Waals surface area contributed by atoms with Gasteiger partial charge in [0.15, 0.2) is 0 Å². The maximum absolute atomic E-state index is 13.3. The van der Waals surface area contributed by atoms with E-state index in [9.17, 15) is 9.90 Å². The van der Waals surface area contributed by atoms with Crippen molar-refractivity contribution in [2.24, 2.45) is 0 Å². The lowest BCUT2D eigenvalue weighted by Crippen LogP contribution is -2.48. The molecule has 2 N–H and O–H groups in total. The molecule has 0 saturated carbocycles. The van der Waals surface area contributed by atoms with Gasteiger partial charge in [-0.05, 0) is 48.6 Å². The zero-order chi connectivity index (χ0) is 22.8. The highest BCUT2D eigenvalue weighted by atomic mass is 32.1. The normalized spacial score (nSPS) is 18.4. The van der Waals surface area contributed by atoms with E-state index in [4.69, 9.17) is 4.74 Å². The average Bonchev–Trinajstić information content (AvgIpc) is 3.38. The highest BCUT2D eigenvalue weighted by Crippen LogP contribution is 2.27. The number of pyridine rings is 1. The molecule has 2 atom stereocenters. The van der Waals surface area contributed by atoms with Crippen LogP contribution in [0.1, 0.15) is 33.5 Å². The van der Waals surface area contributed by atoms with Gasteiger partial charge in [0.2, 0.25) is 0 Å². The molecule has 5 rings (SSSR count). The molecule has 1 saturated heterocycles. The number of aromatic nitrogens is 2. The number of carbonyl (C=O) groups excluding carboxylic acids is 1. The molecule has 2 aromatic heterocycles. The molecule has 2 aromatic carbocycles. The second-order valence-corrected chi connectivity index (χ2v) is 9.08. The molecule has 1 aliphatic heterocycles. The number of amides is 1. The summed E-state index contributed by atoms with van der Waals surface area (Å²) >= 11 is 1.58. The molecular weight excluding hydrogens is 434 g/mol. The Morgan fingerprint density at radius 3 is 2.85 bits per heavy atom. The first-order valence-electron chi connectivity index (χ1n) is 11.0. The number of aryl methyl sites for hydroxylation is 1. The van der Waals surface area contributed by atoms with Gasteiger partial charge in [-0.15, -0.1) is 11.3 Å². The number of hydrogen-bond acceptors (Lipinski definition) is 6. The summed E-state index contributed by atoms with van der Waals surface area (Å²) < 4.78 is 5.29. The Balaban J connectivity index is 1.46. The van der Waals surface area contributed by atoms with Gasteiger partial charge in [-0.25, -0.2) is 4.98 Å². The van der Waals surface area contributed by atoms with Crippen molar-refractivity contribution in [3.63, 3.8) is 0 Å². The molecule has 1 fully saturated rings. The fourth-order valence-corrected chi connectivity index (χ4v) is 4.87. The molecular formula is C26H25N3O3S. The topological polar surface area (TPSA) is 84.3 Å². The van der Waals surface area contributed by atoms with Crippen molar-refractivity contribution >= 4 is 28.1 Å². The van der Waals surface area contributed by atoms with E-state index < -0.39 is 6.10 Å². The van der Waals surface area contributed by atoms with Crippen LogP contribution in [0, 0.1) is 6.92 Å². The second kappa shape index (κ2) is 9.39. The minimum atomic E-state index is -0.705. The van der Waals surface area contributed by atoms with Crippen molar-refractivity contribution in [2.75, 3.05) is 13.2 Å². The van der Waals surface area contributed by atoms with Crippen molar-refractivity contribution in [2.45, 2.75) is 31.9 Å². The molecule has 0 radical (unpaired) electrons. The van der Waals surface area contributed by atoms with Crippen LogP contribution in [-0.2, 0) is 11.2 Å². The molecule has 0 spiro atoms. The van der Waals surface area contributed by atoms with Crippen LogP contribution in [0.25, 0.3) is 22.2 Å². The number of ether oxygens (including phenoxy) is 1. The van der Waals surface area contributed by atoms with Crippen LogP contribution in [0.5, 0.6) is 0 Å². The quantitative estimate of drug-likeness (QED) is 0.469. The highest BCUT2D eigenvalue weighted by molar-refractivity contribution is 7.07. The number of fused-ring (bicyclic) bond motifs is 1. The summed E-state index contributed by atoms with van der Waals surface area (Å²) in [5.74, 6) is -0.218. The molecule has 7 heteroatoms. The number of aliphatic hydroxyl groups excluding tert-OH is 1. The van der Waals surface area contributed by atoms with Crippen molar-refractivity contribution in [1.82, 2.24) is 15.3 Å². The van der Waals surface area contributed by atoms with Crippen LogP contribution in [0.4, 0.5) is 0 Å².